The van der Waals surface area contributed by atoms with Crippen LogP contribution in [0.5, 0.6) is 11.5 Å². The first kappa shape index (κ1) is 20.3. The number of para-hydroxylation sites is 1. The minimum atomic E-state index is -0.913. The highest BCUT2D eigenvalue weighted by Gasteiger charge is 2.25. The quantitative estimate of drug-likeness (QED) is 0.598. The van der Waals surface area contributed by atoms with Crippen LogP contribution < -0.4 is 9.47 Å². The van der Waals surface area contributed by atoms with Gasteiger partial charge in [-0.15, -0.1) is 0 Å². The first-order chi connectivity index (χ1) is 14.0. The maximum Gasteiger partial charge on any atom is 0.260 e. The van der Waals surface area contributed by atoms with Crippen LogP contribution in [0.25, 0.3) is 0 Å². The van der Waals surface area contributed by atoms with Crippen molar-refractivity contribution in [1.82, 2.24) is 9.88 Å². The van der Waals surface area contributed by atoms with E-state index in [2.05, 4.69) is 4.98 Å². The molecule has 5 nitrogen and oxygen atoms in total. The van der Waals surface area contributed by atoms with Gasteiger partial charge in [0.25, 0.3) is 5.91 Å². The Morgan fingerprint density at radius 3 is 2.31 bits per heavy atom. The second kappa shape index (κ2) is 9.14. The van der Waals surface area contributed by atoms with Crippen molar-refractivity contribution in [3.63, 3.8) is 0 Å². The van der Waals surface area contributed by atoms with E-state index >= 15 is 0 Å². The molecular formula is C22H20F2N2O3. The molecule has 3 rings (SSSR count). The Morgan fingerprint density at radius 2 is 1.69 bits per heavy atom. The highest BCUT2D eigenvalue weighted by molar-refractivity contribution is 5.94. The van der Waals surface area contributed by atoms with Crippen molar-refractivity contribution in [1.29, 1.82) is 0 Å². The van der Waals surface area contributed by atoms with E-state index < -0.39 is 23.1 Å². The van der Waals surface area contributed by atoms with Gasteiger partial charge in [0, 0.05) is 24.5 Å². The Bertz CT molecular complexity index is 976. The number of halogens is 2. The molecule has 0 unspecified atom stereocenters. The lowest BCUT2D eigenvalue weighted by Gasteiger charge is -2.25. The van der Waals surface area contributed by atoms with Gasteiger partial charge < -0.3 is 14.4 Å². The zero-order chi connectivity index (χ0) is 20.8. The van der Waals surface area contributed by atoms with Crippen molar-refractivity contribution in [2.75, 3.05) is 14.2 Å². The van der Waals surface area contributed by atoms with Crippen molar-refractivity contribution in [2.45, 2.75) is 13.1 Å². The van der Waals surface area contributed by atoms with Crippen LogP contribution in [0.1, 0.15) is 21.5 Å². The average Bonchev–Trinajstić information content (AvgIpc) is 2.73. The Hall–Kier alpha value is -3.48. The first-order valence-electron chi connectivity index (χ1n) is 8.87. The molecule has 29 heavy (non-hydrogen) atoms. The average molecular weight is 398 g/mol. The lowest BCUT2D eigenvalue weighted by Crippen LogP contribution is -2.31. The fraction of sp³-hybridized carbons (Fsp3) is 0.182. The number of hydrogen-bond acceptors (Lipinski definition) is 4. The molecule has 0 saturated carbocycles. The fourth-order valence-electron chi connectivity index (χ4n) is 3.06. The number of hydrogen-bond donors (Lipinski definition) is 0. The van der Waals surface area contributed by atoms with Gasteiger partial charge in [-0.05, 0) is 29.8 Å². The zero-order valence-electron chi connectivity index (χ0n) is 16.1. The molecule has 1 heterocycles. The van der Waals surface area contributed by atoms with Gasteiger partial charge in [-0.1, -0.05) is 24.3 Å². The maximum absolute atomic E-state index is 14.3. The van der Waals surface area contributed by atoms with Crippen LogP contribution in [-0.4, -0.2) is 30.0 Å². The van der Waals surface area contributed by atoms with Crippen LogP contribution in [0.15, 0.2) is 60.9 Å². The summed E-state index contributed by atoms with van der Waals surface area (Å²) >= 11 is 0. The van der Waals surface area contributed by atoms with Gasteiger partial charge in [0.2, 0.25) is 0 Å². The monoisotopic (exact) mass is 398 g/mol. The minimum absolute atomic E-state index is 0.0574. The number of methoxy groups -OCH3 is 2. The van der Waals surface area contributed by atoms with Gasteiger partial charge in [0.1, 0.15) is 17.2 Å². The van der Waals surface area contributed by atoms with Gasteiger partial charge in [-0.3, -0.25) is 9.78 Å². The number of carbonyl (C=O) groups excluding carboxylic acids is 1. The SMILES string of the molecule is COc1cccc(CN(Cc2cccnc2)C(=O)c2c(F)cccc2F)c1OC. The highest BCUT2D eigenvalue weighted by atomic mass is 19.1. The summed E-state index contributed by atoms with van der Waals surface area (Å²) in [5.41, 5.74) is 0.763. The van der Waals surface area contributed by atoms with Crippen LogP contribution >= 0.6 is 0 Å². The second-order valence-corrected chi connectivity index (χ2v) is 6.27. The molecule has 0 atom stereocenters. The molecule has 0 saturated heterocycles. The number of ether oxygens (including phenoxy) is 2. The molecule has 3 aromatic rings. The maximum atomic E-state index is 14.3. The van der Waals surface area contributed by atoms with E-state index in [1.54, 1.807) is 42.7 Å². The number of pyridine rings is 1. The number of amides is 1. The summed E-state index contributed by atoms with van der Waals surface area (Å²) in [7, 11) is 3.00. The normalized spacial score (nSPS) is 10.5. The van der Waals surface area contributed by atoms with Crippen molar-refractivity contribution in [2.24, 2.45) is 0 Å². The van der Waals surface area contributed by atoms with Crippen molar-refractivity contribution in [3.05, 3.63) is 89.2 Å². The molecule has 1 amide bonds. The van der Waals surface area contributed by atoms with E-state index in [0.29, 0.717) is 17.1 Å². The molecule has 0 aliphatic carbocycles. The van der Waals surface area contributed by atoms with E-state index in [1.807, 2.05) is 0 Å². The van der Waals surface area contributed by atoms with Crippen LogP contribution in [-0.2, 0) is 13.1 Å². The van der Waals surface area contributed by atoms with Crippen molar-refractivity contribution in [3.8, 4) is 11.5 Å². The number of rotatable bonds is 7. The Kier molecular flexibility index (Phi) is 6.39. The van der Waals surface area contributed by atoms with Gasteiger partial charge >= 0.3 is 0 Å². The number of benzene rings is 2. The molecule has 0 fully saturated rings. The van der Waals surface area contributed by atoms with Crippen LogP contribution in [0, 0.1) is 11.6 Å². The van der Waals surface area contributed by atoms with Crippen LogP contribution in [0.3, 0.4) is 0 Å². The second-order valence-electron chi connectivity index (χ2n) is 6.27. The summed E-state index contributed by atoms with van der Waals surface area (Å²) in [5, 5.41) is 0. The first-order valence-corrected chi connectivity index (χ1v) is 8.87. The number of carbonyl (C=O) groups is 1. The topological polar surface area (TPSA) is 51.7 Å². The van der Waals surface area contributed by atoms with E-state index in [-0.39, 0.29) is 13.1 Å². The molecular weight excluding hydrogens is 378 g/mol. The van der Waals surface area contributed by atoms with Crippen LogP contribution in [0.4, 0.5) is 8.78 Å². The van der Waals surface area contributed by atoms with Crippen molar-refractivity contribution >= 4 is 5.91 Å². The number of nitrogens with zero attached hydrogens (tertiary/aromatic N) is 2. The van der Waals surface area contributed by atoms with Crippen molar-refractivity contribution < 1.29 is 23.0 Å². The summed E-state index contributed by atoms with van der Waals surface area (Å²) in [4.78, 5) is 18.5. The summed E-state index contributed by atoms with van der Waals surface area (Å²) < 4.78 is 39.2. The minimum Gasteiger partial charge on any atom is -0.493 e. The molecule has 0 N–H and O–H groups in total. The Balaban J connectivity index is 2.01. The van der Waals surface area contributed by atoms with Gasteiger partial charge in [0.05, 0.1) is 20.8 Å². The largest absolute Gasteiger partial charge is 0.493 e. The zero-order valence-corrected chi connectivity index (χ0v) is 16.1. The molecule has 0 aliphatic heterocycles. The Labute approximate surface area is 167 Å². The highest BCUT2D eigenvalue weighted by Crippen LogP contribution is 2.32. The van der Waals surface area contributed by atoms with Gasteiger partial charge in [-0.25, -0.2) is 8.78 Å². The fourth-order valence-corrected chi connectivity index (χ4v) is 3.06. The molecule has 0 aliphatic rings. The molecule has 2 aromatic carbocycles. The molecule has 0 spiro atoms. The predicted octanol–water partition coefficient (Wildman–Crippen LogP) is 4.22. The smallest absolute Gasteiger partial charge is 0.260 e. The predicted molar refractivity (Wildman–Crippen MR) is 104 cm³/mol. The lowest BCUT2D eigenvalue weighted by atomic mass is 10.1. The lowest BCUT2D eigenvalue weighted by molar-refractivity contribution is 0.0718. The molecule has 7 heteroatoms. The standard InChI is InChI=1S/C22H20F2N2O3/c1-28-19-10-3-7-16(21(19)29-2)14-26(13-15-6-5-11-25-12-15)22(27)20-17(23)8-4-9-18(20)24/h3-12H,13-14H2,1-2H3. The third kappa shape index (κ3) is 4.51. The molecule has 150 valence electrons. The third-order valence-corrected chi connectivity index (χ3v) is 4.41. The van der Waals surface area contributed by atoms with Gasteiger partial charge in [0.15, 0.2) is 11.5 Å². The molecule has 0 bridgehead atoms. The molecule has 1 aromatic heterocycles. The van der Waals surface area contributed by atoms with E-state index in [4.69, 9.17) is 9.47 Å². The van der Waals surface area contributed by atoms with E-state index in [0.717, 1.165) is 17.7 Å². The van der Waals surface area contributed by atoms with E-state index in [1.165, 1.54) is 25.2 Å². The third-order valence-electron chi connectivity index (χ3n) is 4.41. The summed E-state index contributed by atoms with van der Waals surface area (Å²) in [6, 6.07) is 12.1. The van der Waals surface area contributed by atoms with E-state index in [9.17, 15) is 13.6 Å². The molecule has 0 radical (unpaired) electrons. The number of aromatic nitrogens is 1. The van der Waals surface area contributed by atoms with Crippen LogP contribution in [0.2, 0.25) is 0 Å². The Morgan fingerprint density at radius 1 is 0.966 bits per heavy atom. The summed E-state index contributed by atoms with van der Waals surface area (Å²) in [5.74, 6) is -1.65. The van der Waals surface area contributed by atoms with Gasteiger partial charge in [-0.2, -0.15) is 0 Å². The summed E-state index contributed by atoms with van der Waals surface area (Å²) in [6.45, 7) is 0.169. The summed E-state index contributed by atoms with van der Waals surface area (Å²) in [6.07, 6.45) is 3.21.